The van der Waals surface area contributed by atoms with Gasteiger partial charge in [0.05, 0.1) is 0 Å². The van der Waals surface area contributed by atoms with Crippen molar-refractivity contribution in [1.29, 1.82) is 0 Å². The Morgan fingerprint density at radius 3 is 2.60 bits per heavy atom. The van der Waals surface area contributed by atoms with Gasteiger partial charge in [0, 0.05) is 32.0 Å². The van der Waals surface area contributed by atoms with Gasteiger partial charge in [-0.05, 0) is 37.5 Å². The topological polar surface area (TPSA) is 62.3 Å². The minimum atomic E-state index is -0.208. The molecule has 0 aliphatic rings. The van der Waals surface area contributed by atoms with Gasteiger partial charge in [0.25, 0.3) is 0 Å². The van der Waals surface area contributed by atoms with Crippen LogP contribution in [0.5, 0.6) is 0 Å². The van der Waals surface area contributed by atoms with Crippen LogP contribution in [0, 0.1) is 0 Å². The van der Waals surface area contributed by atoms with E-state index in [0.717, 1.165) is 18.4 Å². The summed E-state index contributed by atoms with van der Waals surface area (Å²) in [4.78, 5) is 29.1. The molecule has 20 heavy (non-hydrogen) atoms. The molecule has 1 unspecified atom stereocenters. The fourth-order valence-corrected chi connectivity index (χ4v) is 1.67. The lowest BCUT2D eigenvalue weighted by Crippen LogP contribution is -2.37. The molecule has 1 atom stereocenters. The van der Waals surface area contributed by atoms with Crippen LogP contribution >= 0.6 is 0 Å². The number of likely N-dealkylation sites (N-methyl/N-ethyl adjacent to an activating group) is 1. The Morgan fingerprint density at radius 1 is 1.35 bits per heavy atom. The molecule has 5 nitrogen and oxygen atoms in total. The number of amides is 2. The predicted octanol–water partition coefficient (Wildman–Crippen LogP) is 1.39. The van der Waals surface area contributed by atoms with Crippen LogP contribution in [0.15, 0.2) is 24.5 Å². The third kappa shape index (κ3) is 5.82. The first-order valence-corrected chi connectivity index (χ1v) is 6.95. The number of nitrogens with one attached hydrogen (secondary N) is 1. The molecular formula is C15H23N3O2. The number of aromatic nitrogens is 1. The maximum atomic E-state index is 11.9. The van der Waals surface area contributed by atoms with Crippen molar-refractivity contribution in [2.45, 2.75) is 39.2 Å². The molecule has 0 fully saturated rings. The van der Waals surface area contributed by atoms with Crippen molar-refractivity contribution < 1.29 is 9.59 Å². The average molecular weight is 277 g/mol. The third-order valence-electron chi connectivity index (χ3n) is 3.24. The summed E-state index contributed by atoms with van der Waals surface area (Å²) in [6.07, 6.45) is 5.00. The molecule has 0 saturated heterocycles. The molecule has 0 aromatic carbocycles. The van der Waals surface area contributed by atoms with Crippen molar-refractivity contribution in [1.82, 2.24) is 15.2 Å². The molecule has 0 spiro atoms. The normalized spacial score (nSPS) is 11.8. The summed E-state index contributed by atoms with van der Waals surface area (Å²) in [5.74, 6) is -0.361. The van der Waals surface area contributed by atoms with Gasteiger partial charge in [-0.3, -0.25) is 14.6 Å². The van der Waals surface area contributed by atoms with Crippen LogP contribution in [-0.4, -0.2) is 41.3 Å². The highest BCUT2D eigenvalue weighted by Crippen LogP contribution is 2.00. The van der Waals surface area contributed by atoms with E-state index in [0.29, 0.717) is 6.54 Å². The number of nitrogens with zero attached hydrogens (tertiary/aromatic N) is 2. The van der Waals surface area contributed by atoms with Crippen LogP contribution in [0.3, 0.4) is 0 Å². The first kappa shape index (κ1) is 16.1. The second kappa shape index (κ2) is 8.30. The molecule has 0 aliphatic carbocycles. The highest BCUT2D eigenvalue weighted by Gasteiger charge is 2.14. The lowest BCUT2D eigenvalue weighted by molar-refractivity contribution is -0.135. The largest absolute Gasteiger partial charge is 0.353 e. The van der Waals surface area contributed by atoms with Gasteiger partial charge >= 0.3 is 0 Å². The zero-order valence-electron chi connectivity index (χ0n) is 12.4. The molecule has 0 aliphatic heterocycles. The average Bonchev–Trinajstić information content (AvgIpc) is 2.45. The Hall–Kier alpha value is -1.91. The minimum absolute atomic E-state index is 0.0861. The predicted molar refractivity (Wildman–Crippen MR) is 78.1 cm³/mol. The number of pyridine rings is 1. The molecule has 1 heterocycles. The SMILES string of the molecule is CCC(C)NC(=O)CC(=O)N(C)CCc1ccncc1. The van der Waals surface area contributed by atoms with Crippen molar-refractivity contribution in [3.63, 3.8) is 0 Å². The van der Waals surface area contributed by atoms with Crippen molar-refractivity contribution in [2.24, 2.45) is 0 Å². The second-order valence-corrected chi connectivity index (χ2v) is 4.97. The molecule has 1 aromatic heterocycles. The molecule has 0 bridgehead atoms. The van der Waals surface area contributed by atoms with E-state index in [1.165, 1.54) is 0 Å². The zero-order valence-corrected chi connectivity index (χ0v) is 12.4. The van der Waals surface area contributed by atoms with Gasteiger partial charge in [0.1, 0.15) is 6.42 Å². The molecular weight excluding hydrogens is 254 g/mol. The van der Waals surface area contributed by atoms with Crippen molar-refractivity contribution in [3.8, 4) is 0 Å². The molecule has 0 radical (unpaired) electrons. The third-order valence-corrected chi connectivity index (χ3v) is 3.24. The number of carbonyl (C=O) groups is 2. The second-order valence-electron chi connectivity index (χ2n) is 4.97. The highest BCUT2D eigenvalue weighted by atomic mass is 16.2. The van der Waals surface area contributed by atoms with Crippen LogP contribution in [0.4, 0.5) is 0 Å². The van der Waals surface area contributed by atoms with Crippen molar-refractivity contribution >= 4 is 11.8 Å². The molecule has 1 N–H and O–H groups in total. The van der Waals surface area contributed by atoms with E-state index in [1.807, 2.05) is 26.0 Å². The summed E-state index contributed by atoms with van der Waals surface area (Å²) < 4.78 is 0. The van der Waals surface area contributed by atoms with Gasteiger partial charge in [-0.15, -0.1) is 0 Å². The lowest BCUT2D eigenvalue weighted by Gasteiger charge is -2.18. The van der Waals surface area contributed by atoms with Gasteiger partial charge in [-0.1, -0.05) is 6.92 Å². The fourth-order valence-electron chi connectivity index (χ4n) is 1.67. The molecule has 2 amide bonds. The molecule has 1 aromatic rings. The Labute approximate surface area is 120 Å². The quantitative estimate of drug-likeness (QED) is 0.766. The first-order chi connectivity index (χ1) is 9.52. The van der Waals surface area contributed by atoms with Gasteiger partial charge < -0.3 is 10.2 Å². The summed E-state index contributed by atoms with van der Waals surface area (Å²) >= 11 is 0. The molecule has 5 heteroatoms. The smallest absolute Gasteiger partial charge is 0.231 e. The Morgan fingerprint density at radius 2 is 2.00 bits per heavy atom. The van der Waals surface area contributed by atoms with Crippen LogP contribution in [0.1, 0.15) is 32.3 Å². The summed E-state index contributed by atoms with van der Waals surface area (Å²) in [6.45, 7) is 4.52. The number of hydrogen-bond donors (Lipinski definition) is 1. The summed E-state index contributed by atoms with van der Waals surface area (Å²) in [6, 6.07) is 3.96. The standard InChI is InChI=1S/C15H23N3O2/c1-4-12(2)17-14(19)11-15(20)18(3)10-7-13-5-8-16-9-6-13/h5-6,8-9,12H,4,7,10-11H2,1-3H3,(H,17,19). The van der Waals surface area contributed by atoms with Gasteiger partial charge in [0.2, 0.25) is 11.8 Å². The van der Waals surface area contributed by atoms with Gasteiger partial charge in [-0.2, -0.15) is 0 Å². The van der Waals surface area contributed by atoms with E-state index >= 15 is 0 Å². The Bertz CT molecular complexity index is 434. The summed E-state index contributed by atoms with van der Waals surface area (Å²) in [5.41, 5.74) is 1.13. The Balaban J connectivity index is 2.34. The van der Waals surface area contributed by atoms with Gasteiger partial charge in [0.15, 0.2) is 0 Å². The molecule has 1 rings (SSSR count). The van der Waals surface area contributed by atoms with E-state index < -0.39 is 0 Å². The zero-order chi connectivity index (χ0) is 15.0. The summed E-state index contributed by atoms with van der Waals surface area (Å²) in [5, 5.41) is 2.79. The van der Waals surface area contributed by atoms with E-state index in [4.69, 9.17) is 0 Å². The van der Waals surface area contributed by atoms with E-state index in [-0.39, 0.29) is 24.3 Å². The van der Waals surface area contributed by atoms with E-state index in [1.54, 1.807) is 24.3 Å². The van der Waals surface area contributed by atoms with Gasteiger partial charge in [-0.25, -0.2) is 0 Å². The lowest BCUT2D eigenvalue weighted by atomic mass is 10.2. The maximum absolute atomic E-state index is 11.9. The monoisotopic (exact) mass is 277 g/mol. The van der Waals surface area contributed by atoms with Crippen molar-refractivity contribution in [3.05, 3.63) is 30.1 Å². The highest BCUT2D eigenvalue weighted by molar-refractivity contribution is 5.96. The van der Waals surface area contributed by atoms with Crippen LogP contribution < -0.4 is 5.32 Å². The minimum Gasteiger partial charge on any atom is -0.353 e. The molecule has 0 saturated carbocycles. The van der Waals surface area contributed by atoms with Crippen LogP contribution in [-0.2, 0) is 16.0 Å². The fraction of sp³-hybridized carbons (Fsp3) is 0.533. The van der Waals surface area contributed by atoms with Crippen LogP contribution in [0.2, 0.25) is 0 Å². The van der Waals surface area contributed by atoms with E-state index in [9.17, 15) is 9.59 Å². The number of rotatable bonds is 7. The summed E-state index contributed by atoms with van der Waals surface area (Å²) in [7, 11) is 1.72. The van der Waals surface area contributed by atoms with Crippen molar-refractivity contribution in [2.75, 3.05) is 13.6 Å². The number of hydrogen-bond acceptors (Lipinski definition) is 3. The van der Waals surface area contributed by atoms with E-state index in [2.05, 4.69) is 10.3 Å². The maximum Gasteiger partial charge on any atom is 0.231 e. The Kier molecular flexibility index (Phi) is 6.70. The molecule has 110 valence electrons. The first-order valence-electron chi connectivity index (χ1n) is 6.95. The van der Waals surface area contributed by atoms with Crippen LogP contribution in [0.25, 0.3) is 0 Å². The number of carbonyl (C=O) groups excluding carboxylic acids is 2.